The number of halogens is 2. The molecular weight excluding hydrogens is 257 g/mol. The minimum Gasteiger partial charge on any atom is -0.377 e. The molecule has 0 heterocycles. The summed E-state index contributed by atoms with van der Waals surface area (Å²) >= 11 is 11.5. The fourth-order valence-electron chi connectivity index (χ4n) is 1.10. The monoisotopic (exact) mass is 277 g/mol. The SMILES string of the molecule is CCNCC.CCOCc1ccc(Cl)c(Cl)c1. The molecule has 0 saturated heterocycles. The molecule has 0 aliphatic rings. The van der Waals surface area contributed by atoms with Gasteiger partial charge in [-0.05, 0) is 37.7 Å². The van der Waals surface area contributed by atoms with Gasteiger partial charge in [0.05, 0.1) is 16.7 Å². The molecule has 0 aliphatic carbocycles. The Bertz CT molecular complexity index is 303. The maximum Gasteiger partial charge on any atom is 0.0717 e. The second kappa shape index (κ2) is 10.8. The zero-order valence-electron chi connectivity index (χ0n) is 10.7. The topological polar surface area (TPSA) is 21.3 Å². The van der Waals surface area contributed by atoms with Crippen LogP contribution in [0.5, 0.6) is 0 Å². The summed E-state index contributed by atoms with van der Waals surface area (Å²) in [6, 6.07) is 5.50. The molecule has 2 nitrogen and oxygen atoms in total. The summed E-state index contributed by atoms with van der Waals surface area (Å²) < 4.78 is 5.21. The van der Waals surface area contributed by atoms with E-state index >= 15 is 0 Å². The molecule has 1 aromatic carbocycles. The maximum atomic E-state index is 5.81. The highest BCUT2D eigenvalue weighted by Gasteiger charge is 1.98. The van der Waals surface area contributed by atoms with Gasteiger partial charge in [0.1, 0.15) is 0 Å². The Morgan fingerprint density at radius 3 is 2.12 bits per heavy atom. The Morgan fingerprint density at radius 2 is 1.71 bits per heavy atom. The van der Waals surface area contributed by atoms with Crippen molar-refractivity contribution in [2.75, 3.05) is 19.7 Å². The van der Waals surface area contributed by atoms with E-state index in [0.717, 1.165) is 18.7 Å². The van der Waals surface area contributed by atoms with Crippen LogP contribution in [-0.4, -0.2) is 19.7 Å². The smallest absolute Gasteiger partial charge is 0.0717 e. The van der Waals surface area contributed by atoms with Crippen LogP contribution in [-0.2, 0) is 11.3 Å². The van der Waals surface area contributed by atoms with Crippen molar-refractivity contribution in [2.24, 2.45) is 0 Å². The second-order valence-corrected chi connectivity index (χ2v) is 4.16. The van der Waals surface area contributed by atoms with Crippen LogP contribution in [0.2, 0.25) is 10.0 Å². The first-order valence-corrected chi connectivity index (χ1v) is 6.63. The van der Waals surface area contributed by atoms with Gasteiger partial charge in [-0.3, -0.25) is 0 Å². The van der Waals surface area contributed by atoms with E-state index in [1.807, 2.05) is 19.1 Å². The highest BCUT2D eigenvalue weighted by atomic mass is 35.5. The van der Waals surface area contributed by atoms with Gasteiger partial charge in [-0.2, -0.15) is 0 Å². The number of nitrogens with one attached hydrogen (secondary N) is 1. The summed E-state index contributed by atoms with van der Waals surface area (Å²) in [4.78, 5) is 0. The maximum absolute atomic E-state index is 5.81. The largest absolute Gasteiger partial charge is 0.377 e. The van der Waals surface area contributed by atoms with Gasteiger partial charge in [-0.25, -0.2) is 0 Å². The van der Waals surface area contributed by atoms with Crippen molar-refractivity contribution < 1.29 is 4.74 Å². The third kappa shape index (κ3) is 8.44. The molecule has 0 radical (unpaired) electrons. The van der Waals surface area contributed by atoms with Gasteiger partial charge in [0.25, 0.3) is 0 Å². The minimum absolute atomic E-state index is 0.578. The third-order valence-corrected chi connectivity index (χ3v) is 2.70. The molecule has 0 fully saturated rings. The molecule has 0 saturated carbocycles. The summed E-state index contributed by atoms with van der Waals surface area (Å²) in [5.41, 5.74) is 1.05. The molecule has 0 bridgehead atoms. The number of ether oxygens (including phenoxy) is 1. The van der Waals surface area contributed by atoms with Gasteiger partial charge in [-0.15, -0.1) is 0 Å². The lowest BCUT2D eigenvalue weighted by Gasteiger charge is -2.02. The zero-order chi connectivity index (χ0) is 13.1. The van der Waals surface area contributed by atoms with Crippen molar-refractivity contribution >= 4 is 23.2 Å². The average molecular weight is 278 g/mol. The van der Waals surface area contributed by atoms with Crippen LogP contribution < -0.4 is 5.32 Å². The second-order valence-electron chi connectivity index (χ2n) is 3.34. The molecule has 4 heteroatoms. The predicted molar refractivity (Wildman–Crippen MR) is 76.0 cm³/mol. The standard InChI is InChI=1S/C9H10Cl2O.C4H11N/c1-2-12-6-7-3-4-8(10)9(11)5-7;1-3-5-4-2/h3-5H,2,6H2,1H3;5H,3-4H2,1-2H3. The van der Waals surface area contributed by atoms with Crippen LogP contribution in [0.3, 0.4) is 0 Å². The van der Waals surface area contributed by atoms with Crippen molar-refractivity contribution in [3.8, 4) is 0 Å². The van der Waals surface area contributed by atoms with E-state index in [1.54, 1.807) is 6.07 Å². The highest BCUT2D eigenvalue weighted by molar-refractivity contribution is 6.41. The van der Waals surface area contributed by atoms with E-state index in [9.17, 15) is 0 Å². The van der Waals surface area contributed by atoms with Crippen LogP contribution in [0.15, 0.2) is 18.2 Å². The number of benzene rings is 1. The molecule has 0 amide bonds. The Kier molecular flexibility index (Phi) is 10.7. The lowest BCUT2D eigenvalue weighted by atomic mass is 10.2. The lowest BCUT2D eigenvalue weighted by molar-refractivity contribution is 0.134. The normalized spacial score (nSPS) is 9.71. The van der Waals surface area contributed by atoms with Crippen molar-refractivity contribution in [2.45, 2.75) is 27.4 Å². The molecule has 1 aromatic rings. The molecule has 0 aromatic heterocycles. The molecule has 0 aliphatic heterocycles. The summed E-state index contributed by atoms with van der Waals surface area (Å²) in [5.74, 6) is 0. The third-order valence-electron chi connectivity index (χ3n) is 1.96. The van der Waals surface area contributed by atoms with Gasteiger partial charge in [0.2, 0.25) is 0 Å². The molecule has 0 atom stereocenters. The van der Waals surface area contributed by atoms with Gasteiger partial charge in [-0.1, -0.05) is 43.1 Å². The van der Waals surface area contributed by atoms with Crippen molar-refractivity contribution in [3.05, 3.63) is 33.8 Å². The minimum atomic E-state index is 0.578. The van der Waals surface area contributed by atoms with Crippen LogP contribution in [0.25, 0.3) is 0 Å². The van der Waals surface area contributed by atoms with E-state index in [-0.39, 0.29) is 0 Å². The van der Waals surface area contributed by atoms with Crippen molar-refractivity contribution in [1.82, 2.24) is 5.32 Å². The quantitative estimate of drug-likeness (QED) is 0.873. The Hall–Kier alpha value is -0.280. The molecule has 0 spiro atoms. The zero-order valence-corrected chi connectivity index (χ0v) is 12.2. The van der Waals surface area contributed by atoms with Crippen molar-refractivity contribution in [1.29, 1.82) is 0 Å². The lowest BCUT2D eigenvalue weighted by Crippen LogP contribution is -2.09. The van der Waals surface area contributed by atoms with Crippen molar-refractivity contribution in [3.63, 3.8) is 0 Å². The summed E-state index contributed by atoms with van der Waals surface area (Å²) in [6.07, 6.45) is 0. The number of rotatable bonds is 5. The fraction of sp³-hybridized carbons (Fsp3) is 0.538. The molecular formula is C13H21Cl2NO. The molecule has 17 heavy (non-hydrogen) atoms. The van der Waals surface area contributed by atoms with Crippen LogP contribution in [0.4, 0.5) is 0 Å². The summed E-state index contributed by atoms with van der Waals surface area (Å²) in [6.45, 7) is 9.64. The van der Waals surface area contributed by atoms with Gasteiger partial charge in [0.15, 0.2) is 0 Å². The highest BCUT2D eigenvalue weighted by Crippen LogP contribution is 2.22. The van der Waals surface area contributed by atoms with E-state index in [2.05, 4.69) is 19.2 Å². The molecule has 0 unspecified atom stereocenters. The van der Waals surface area contributed by atoms with Gasteiger partial charge in [0, 0.05) is 6.61 Å². The van der Waals surface area contributed by atoms with E-state index in [4.69, 9.17) is 27.9 Å². The van der Waals surface area contributed by atoms with E-state index < -0.39 is 0 Å². The summed E-state index contributed by atoms with van der Waals surface area (Å²) in [7, 11) is 0. The summed E-state index contributed by atoms with van der Waals surface area (Å²) in [5, 5.41) is 4.27. The van der Waals surface area contributed by atoms with Crippen LogP contribution in [0, 0.1) is 0 Å². The van der Waals surface area contributed by atoms with E-state index in [1.165, 1.54) is 0 Å². The molecule has 1 N–H and O–H groups in total. The Labute approximate surface area is 114 Å². The average Bonchev–Trinajstić information content (AvgIpc) is 2.33. The first-order chi connectivity index (χ1) is 8.15. The number of hydrogen-bond donors (Lipinski definition) is 1. The van der Waals surface area contributed by atoms with Gasteiger partial charge < -0.3 is 10.1 Å². The fourth-order valence-corrected chi connectivity index (χ4v) is 1.42. The first kappa shape index (κ1) is 16.7. The Morgan fingerprint density at radius 1 is 1.06 bits per heavy atom. The predicted octanol–water partition coefficient (Wildman–Crippen LogP) is 4.15. The van der Waals surface area contributed by atoms with Crippen LogP contribution >= 0.6 is 23.2 Å². The van der Waals surface area contributed by atoms with Crippen LogP contribution in [0.1, 0.15) is 26.3 Å². The Balaban J connectivity index is 0.000000437. The molecule has 98 valence electrons. The molecule has 1 rings (SSSR count). The number of hydrogen-bond acceptors (Lipinski definition) is 2. The van der Waals surface area contributed by atoms with Gasteiger partial charge >= 0.3 is 0 Å². The van der Waals surface area contributed by atoms with E-state index in [0.29, 0.717) is 23.3 Å². The first-order valence-electron chi connectivity index (χ1n) is 5.88.